The number of ketones is 1. The lowest BCUT2D eigenvalue weighted by molar-refractivity contribution is 0.103. The van der Waals surface area contributed by atoms with Crippen LogP contribution in [0.1, 0.15) is 15.9 Å². The lowest BCUT2D eigenvalue weighted by Gasteiger charge is -2.09. The van der Waals surface area contributed by atoms with Gasteiger partial charge in [0.2, 0.25) is 0 Å². The van der Waals surface area contributed by atoms with Crippen molar-refractivity contribution in [2.75, 3.05) is 12.4 Å². The number of rotatable bonds is 3. The largest absolute Gasteiger partial charge is 0.373 e. The molecule has 0 saturated carbocycles. The van der Waals surface area contributed by atoms with Crippen molar-refractivity contribution in [2.45, 2.75) is 0 Å². The lowest BCUT2D eigenvalue weighted by Crippen LogP contribution is -2.07. The van der Waals surface area contributed by atoms with Crippen LogP contribution in [0, 0.1) is 0 Å². The Morgan fingerprint density at radius 3 is 2.45 bits per heavy atom. The van der Waals surface area contributed by atoms with Gasteiger partial charge in [-0.05, 0) is 12.1 Å². The molecule has 3 nitrogen and oxygen atoms in total. The predicted molar refractivity (Wildman–Crippen MR) is 81.2 cm³/mol. The summed E-state index contributed by atoms with van der Waals surface area (Å²) in [5.41, 5.74) is 2.14. The van der Waals surface area contributed by atoms with Crippen molar-refractivity contribution in [2.24, 2.45) is 0 Å². The topological polar surface area (TPSA) is 42.0 Å². The number of pyridine rings is 1. The number of anilines is 1. The highest BCUT2D eigenvalue weighted by atomic mass is 16.1. The fourth-order valence-corrected chi connectivity index (χ4v) is 2.22. The van der Waals surface area contributed by atoms with Crippen LogP contribution in [0.5, 0.6) is 0 Å². The number of hydrogen-bond acceptors (Lipinski definition) is 3. The smallest absolute Gasteiger partial charge is 0.196 e. The predicted octanol–water partition coefficient (Wildman–Crippen LogP) is 3.51. The third-order valence-electron chi connectivity index (χ3n) is 3.24. The van der Waals surface area contributed by atoms with Crippen molar-refractivity contribution in [1.82, 2.24) is 4.98 Å². The standard InChI is InChI=1S/C17H14N2O/c1-18-17-14(16(20)12-7-3-2-4-8-12)11-13-9-5-6-10-15(13)19-17/h2-11H,1H3,(H,18,19). The molecule has 1 heterocycles. The molecule has 2 aromatic carbocycles. The summed E-state index contributed by atoms with van der Waals surface area (Å²) in [7, 11) is 1.78. The monoisotopic (exact) mass is 262 g/mol. The molecule has 3 aromatic rings. The molecule has 20 heavy (non-hydrogen) atoms. The minimum atomic E-state index is -0.0202. The Hall–Kier alpha value is -2.68. The van der Waals surface area contributed by atoms with Crippen molar-refractivity contribution in [1.29, 1.82) is 0 Å². The number of carbonyl (C=O) groups is 1. The molecule has 0 aliphatic heterocycles. The van der Waals surface area contributed by atoms with Crippen LogP contribution >= 0.6 is 0 Å². The van der Waals surface area contributed by atoms with Crippen LogP contribution in [0.2, 0.25) is 0 Å². The maximum atomic E-state index is 12.6. The molecule has 1 aromatic heterocycles. The second kappa shape index (κ2) is 5.13. The normalized spacial score (nSPS) is 10.4. The second-order valence-corrected chi connectivity index (χ2v) is 4.52. The molecule has 98 valence electrons. The summed E-state index contributed by atoms with van der Waals surface area (Å²) in [4.78, 5) is 17.1. The molecular weight excluding hydrogens is 248 g/mol. The van der Waals surface area contributed by atoms with E-state index in [4.69, 9.17) is 0 Å². The van der Waals surface area contributed by atoms with Crippen LogP contribution in [0.3, 0.4) is 0 Å². The molecule has 0 saturated heterocycles. The van der Waals surface area contributed by atoms with Gasteiger partial charge in [-0.1, -0.05) is 48.5 Å². The molecule has 0 bridgehead atoms. The molecular formula is C17H14N2O. The van der Waals surface area contributed by atoms with E-state index >= 15 is 0 Å². The maximum Gasteiger partial charge on any atom is 0.196 e. The van der Waals surface area contributed by atoms with E-state index < -0.39 is 0 Å². The van der Waals surface area contributed by atoms with E-state index in [-0.39, 0.29) is 5.78 Å². The minimum absolute atomic E-state index is 0.0202. The molecule has 0 aliphatic carbocycles. The third kappa shape index (κ3) is 2.14. The number of nitrogens with one attached hydrogen (secondary N) is 1. The first kappa shape index (κ1) is 12.4. The van der Waals surface area contributed by atoms with Crippen molar-refractivity contribution in [3.05, 3.63) is 71.8 Å². The van der Waals surface area contributed by atoms with Gasteiger partial charge in [0.15, 0.2) is 5.78 Å². The zero-order chi connectivity index (χ0) is 13.9. The molecule has 3 heteroatoms. The summed E-state index contributed by atoms with van der Waals surface area (Å²) < 4.78 is 0. The molecule has 0 atom stereocenters. The molecule has 0 aliphatic rings. The summed E-state index contributed by atoms with van der Waals surface area (Å²) in [5.74, 6) is 0.589. The molecule has 1 N–H and O–H groups in total. The van der Waals surface area contributed by atoms with Crippen LogP contribution in [-0.4, -0.2) is 17.8 Å². The fraction of sp³-hybridized carbons (Fsp3) is 0.0588. The minimum Gasteiger partial charge on any atom is -0.373 e. The molecule has 0 radical (unpaired) electrons. The van der Waals surface area contributed by atoms with Crippen LogP contribution in [0.4, 0.5) is 5.82 Å². The highest BCUT2D eigenvalue weighted by Gasteiger charge is 2.15. The third-order valence-corrected chi connectivity index (χ3v) is 3.24. The summed E-state index contributed by atoms with van der Waals surface area (Å²) in [5, 5.41) is 3.97. The van der Waals surface area contributed by atoms with Gasteiger partial charge in [-0.3, -0.25) is 4.79 Å². The summed E-state index contributed by atoms with van der Waals surface area (Å²) >= 11 is 0. The van der Waals surface area contributed by atoms with Crippen LogP contribution < -0.4 is 5.32 Å². The lowest BCUT2D eigenvalue weighted by atomic mass is 10.0. The SMILES string of the molecule is CNc1nc2ccccc2cc1C(=O)c1ccccc1. The average Bonchev–Trinajstić information content (AvgIpc) is 2.53. The van der Waals surface area contributed by atoms with Gasteiger partial charge in [-0.15, -0.1) is 0 Å². The van der Waals surface area contributed by atoms with Gasteiger partial charge >= 0.3 is 0 Å². The first-order valence-electron chi connectivity index (χ1n) is 6.47. The van der Waals surface area contributed by atoms with Crippen LogP contribution in [0.15, 0.2) is 60.7 Å². The van der Waals surface area contributed by atoms with Gasteiger partial charge < -0.3 is 5.32 Å². The number of carbonyl (C=O) groups excluding carboxylic acids is 1. The van der Waals surface area contributed by atoms with Crippen molar-refractivity contribution < 1.29 is 4.79 Å². The fourth-order valence-electron chi connectivity index (χ4n) is 2.22. The maximum absolute atomic E-state index is 12.6. The van der Waals surface area contributed by atoms with Gasteiger partial charge in [-0.25, -0.2) is 4.98 Å². The average molecular weight is 262 g/mol. The highest BCUT2D eigenvalue weighted by Crippen LogP contribution is 2.22. The Balaban J connectivity index is 2.17. The number of benzene rings is 2. The first-order valence-corrected chi connectivity index (χ1v) is 6.47. The van der Waals surface area contributed by atoms with E-state index in [0.717, 1.165) is 10.9 Å². The molecule has 0 spiro atoms. The molecule has 0 amide bonds. The van der Waals surface area contributed by atoms with Crippen molar-refractivity contribution in [3.63, 3.8) is 0 Å². The van der Waals surface area contributed by atoms with Crippen LogP contribution in [0.25, 0.3) is 10.9 Å². The molecule has 0 unspecified atom stereocenters. The number of hydrogen-bond donors (Lipinski definition) is 1. The zero-order valence-electron chi connectivity index (χ0n) is 11.1. The number of fused-ring (bicyclic) bond motifs is 1. The van der Waals surface area contributed by atoms with E-state index in [9.17, 15) is 4.79 Å². The summed E-state index contributed by atoms with van der Waals surface area (Å²) in [6.07, 6.45) is 0. The van der Waals surface area contributed by atoms with E-state index in [1.165, 1.54) is 0 Å². The zero-order valence-corrected chi connectivity index (χ0v) is 11.1. The van der Waals surface area contributed by atoms with Crippen molar-refractivity contribution >= 4 is 22.5 Å². The Bertz CT molecular complexity index is 766. The number of para-hydroxylation sites is 1. The van der Waals surface area contributed by atoms with Gasteiger partial charge in [0, 0.05) is 18.0 Å². The summed E-state index contributed by atoms with van der Waals surface area (Å²) in [6, 6.07) is 18.9. The summed E-state index contributed by atoms with van der Waals surface area (Å²) in [6.45, 7) is 0. The number of nitrogens with zero attached hydrogens (tertiary/aromatic N) is 1. The van der Waals surface area contributed by atoms with E-state index in [1.54, 1.807) is 7.05 Å². The van der Waals surface area contributed by atoms with Gasteiger partial charge in [-0.2, -0.15) is 0 Å². The molecule has 0 fully saturated rings. The van der Waals surface area contributed by atoms with E-state index in [0.29, 0.717) is 16.9 Å². The van der Waals surface area contributed by atoms with Crippen molar-refractivity contribution in [3.8, 4) is 0 Å². The highest BCUT2D eigenvalue weighted by molar-refractivity contribution is 6.13. The van der Waals surface area contributed by atoms with E-state index in [1.807, 2.05) is 60.7 Å². The first-order chi connectivity index (χ1) is 9.79. The van der Waals surface area contributed by atoms with E-state index in [2.05, 4.69) is 10.3 Å². The van der Waals surface area contributed by atoms with Crippen LogP contribution in [-0.2, 0) is 0 Å². The Morgan fingerprint density at radius 1 is 1.00 bits per heavy atom. The van der Waals surface area contributed by atoms with Gasteiger partial charge in [0.05, 0.1) is 11.1 Å². The Kier molecular flexibility index (Phi) is 3.17. The quantitative estimate of drug-likeness (QED) is 0.734. The number of aromatic nitrogens is 1. The Labute approximate surface area is 117 Å². The Morgan fingerprint density at radius 2 is 1.70 bits per heavy atom. The van der Waals surface area contributed by atoms with Gasteiger partial charge in [0.1, 0.15) is 5.82 Å². The van der Waals surface area contributed by atoms with Gasteiger partial charge in [0.25, 0.3) is 0 Å². The molecule has 3 rings (SSSR count). The second-order valence-electron chi connectivity index (χ2n) is 4.52.